The molecule has 17 heavy (non-hydrogen) atoms. The highest BCUT2D eigenvalue weighted by atomic mass is 35.5. The Morgan fingerprint density at radius 2 is 1.94 bits per heavy atom. The summed E-state index contributed by atoms with van der Waals surface area (Å²) < 4.78 is 12.9. The maximum absolute atomic E-state index is 12.9. The van der Waals surface area contributed by atoms with Gasteiger partial charge in [-0.05, 0) is 18.2 Å². The average molecular weight is 271 g/mol. The van der Waals surface area contributed by atoms with Crippen molar-refractivity contribution in [1.82, 2.24) is 9.97 Å². The fourth-order valence-corrected chi connectivity index (χ4v) is 1.92. The molecule has 0 saturated carbocycles. The molecule has 2 aromatic rings. The first kappa shape index (κ1) is 12.3. The summed E-state index contributed by atoms with van der Waals surface area (Å²) in [4.78, 5) is 8.37. The van der Waals surface area contributed by atoms with Gasteiger partial charge in [-0.25, -0.2) is 14.4 Å². The molecule has 0 fully saturated rings. The Morgan fingerprint density at radius 1 is 1.18 bits per heavy atom. The second-order valence-corrected chi connectivity index (χ2v) is 4.26. The molecule has 0 amide bonds. The summed E-state index contributed by atoms with van der Waals surface area (Å²) in [6, 6.07) is 5.77. The molecule has 0 aliphatic carbocycles. The van der Waals surface area contributed by atoms with E-state index in [0.717, 1.165) is 0 Å². The number of nitrogens with zero attached hydrogens (tertiary/aromatic N) is 2. The van der Waals surface area contributed by atoms with Crippen LogP contribution >= 0.6 is 23.2 Å². The Kier molecular flexibility index (Phi) is 3.60. The topological polar surface area (TPSA) is 25.8 Å². The maximum atomic E-state index is 12.9. The van der Waals surface area contributed by atoms with E-state index in [1.807, 2.05) is 6.92 Å². The van der Waals surface area contributed by atoms with E-state index in [9.17, 15) is 4.39 Å². The largest absolute Gasteiger partial charge is 0.233 e. The van der Waals surface area contributed by atoms with Crippen LogP contribution in [-0.4, -0.2) is 9.97 Å². The second kappa shape index (κ2) is 4.98. The number of hydrogen-bond donors (Lipinski definition) is 0. The van der Waals surface area contributed by atoms with Gasteiger partial charge in [0.2, 0.25) is 0 Å². The van der Waals surface area contributed by atoms with Crippen molar-refractivity contribution in [1.29, 1.82) is 0 Å². The quantitative estimate of drug-likeness (QED) is 0.767. The molecule has 1 aromatic heterocycles. The maximum Gasteiger partial charge on any atom is 0.133 e. The van der Waals surface area contributed by atoms with Crippen molar-refractivity contribution in [3.05, 3.63) is 46.1 Å². The van der Waals surface area contributed by atoms with Crippen LogP contribution in [-0.2, 0) is 6.42 Å². The minimum absolute atomic E-state index is 0.307. The van der Waals surface area contributed by atoms with Gasteiger partial charge in [0, 0.05) is 18.1 Å². The molecule has 1 heterocycles. The fraction of sp³-hybridized carbons (Fsp3) is 0.167. The molecule has 0 bridgehead atoms. The summed E-state index contributed by atoms with van der Waals surface area (Å²) in [6.45, 7) is 1.93. The lowest BCUT2D eigenvalue weighted by Crippen LogP contribution is -1.96. The van der Waals surface area contributed by atoms with Gasteiger partial charge in [0.05, 0.1) is 10.7 Å². The van der Waals surface area contributed by atoms with E-state index in [2.05, 4.69) is 9.97 Å². The van der Waals surface area contributed by atoms with Crippen LogP contribution in [0, 0.1) is 5.82 Å². The molecular formula is C12H9Cl2FN2. The van der Waals surface area contributed by atoms with Crippen molar-refractivity contribution in [2.75, 3.05) is 0 Å². The lowest BCUT2D eigenvalue weighted by atomic mass is 10.1. The summed E-state index contributed by atoms with van der Waals surface area (Å²) in [7, 11) is 0. The van der Waals surface area contributed by atoms with Crippen LogP contribution < -0.4 is 0 Å². The van der Waals surface area contributed by atoms with Gasteiger partial charge < -0.3 is 0 Å². The third kappa shape index (κ3) is 2.73. The first-order chi connectivity index (χ1) is 8.10. The van der Waals surface area contributed by atoms with Crippen molar-refractivity contribution >= 4 is 23.2 Å². The van der Waals surface area contributed by atoms with Crippen LogP contribution in [0.25, 0.3) is 11.3 Å². The number of halogens is 3. The SMILES string of the molecule is CCc1nc(Cl)cc(-c2ccc(F)cc2Cl)n1. The zero-order chi connectivity index (χ0) is 12.4. The minimum atomic E-state index is -0.380. The number of hydrogen-bond acceptors (Lipinski definition) is 2. The molecule has 0 aliphatic rings. The zero-order valence-corrected chi connectivity index (χ0v) is 10.6. The predicted octanol–water partition coefficient (Wildman–Crippen LogP) is 4.15. The molecule has 0 saturated heterocycles. The van der Waals surface area contributed by atoms with E-state index < -0.39 is 0 Å². The van der Waals surface area contributed by atoms with Crippen molar-refractivity contribution in [3.63, 3.8) is 0 Å². The van der Waals surface area contributed by atoms with Crippen molar-refractivity contribution in [3.8, 4) is 11.3 Å². The van der Waals surface area contributed by atoms with Gasteiger partial charge in [-0.1, -0.05) is 30.1 Å². The Hall–Kier alpha value is -1.19. The lowest BCUT2D eigenvalue weighted by molar-refractivity contribution is 0.628. The number of benzene rings is 1. The summed E-state index contributed by atoms with van der Waals surface area (Å²) >= 11 is 11.9. The summed E-state index contributed by atoms with van der Waals surface area (Å²) in [5.41, 5.74) is 1.25. The Balaban J connectivity index is 2.55. The molecule has 0 N–H and O–H groups in total. The Morgan fingerprint density at radius 3 is 2.59 bits per heavy atom. The normalized spacial score (nSPS) is 10.6. The molecule has 1 aromatic carbocycles. The highest BCUT2D eigenvalue weighted by Crippen LogP contribution is 2.28. The van der Waals surface area contributed by atoms with E-state index in [1.165, 1.54) is 12.1 Å². The number of aryl methyl sites for hydroxylation is 1. The monoisotopic (exact) mass is 270 g/mol. The van der Waals surface area contributed by atoms with Crippen LogP contribution in [0.15, 0.2) is 24.3 Å². The molecule has 0 radical (unpaired) electrons. The molecular weight excluding hydrogens is 262 g/mol. The van der Waals surface area contributed by atoms with Crippen LogP contribution in [0.1, 0.15) is 12.7 Å². The molecule has 0 aliphatic heterocycles. The predicted molar refractivity (Wildman–Crippen MR) is 66.8 cm³/mol. The highest BCUT2D eigenvalue weighted by molar-refractivity contribution is 6.33. The zero-order valence-electron chi connectivity index (χ0n) is 9.04. The van der Waals surface area contributed by atoms with Gasteiger partial charge >= 0.3 is 0 Å². The average Bonchev–Trinajstić information content (AvgIpc) is 2.28. The summed E-state index contributed by atoms with van der Waals surface area (Å²) in [6.07, 6.45) is 0.673. The fourth-order valence-electron chi connectivity index (χ4n) is 1.46. The minimum Gasteiger partial charge on any atom is -0.233 e. The van der Waals surface area contributed by atoms with Crippen LogP contribution in [0.3, 0.4) is 0 Å². The summed E-state index contributed by atoms with van der Waals surface area (Å²) in [5, 5.41) is 0.661. The van der Waals surface area contributed by atoms with Gasteiger partial charge in [-0.3, -0.25) is 0 Å². The van der Waals surface area contributed by atoms with E-state index in [1.54, 1.807) is 12.1 Å². The van der Waals surface area contributed by atoms with Gasteiger partial charge in [-0.2, -0.15) is 0 Å². The molecule has 0 atom stereocenters. The van der Waals surface area contributed by atoms with E-state index in [4.69, 9.17) is 23.2 Å². The van der Waals surface area contributed by atoms with Crippen molar-refractivity contribution in [2.45, 2.75) is 13.3 Å². The smallest absolute Gasteiger partial charge is 0.133 e. The van der Waals surface area contributed by atoms with Gasteiger partial charge in [-0.15, -0.1) is 0 Å². The molecule has 2 nitrogen and oxygen atoms in total. The van der Waals surface area contributed by atoms with Crippen LogP contribution in [0.2, 0.25) is 10.2 Å². The van der Waals surface area contributed by atoms with Gasteiger partial charge in [0.1, 0.15) is 16.8 Å². The standard InChI is InChI=1S/C12H9Cl2FN2/c1-2-12-16-10(6-11(14)17-12)8-4-3-7(15)5-9(8)13/h3-6H,2H2,1H3. The van der Waals surface area contributed by atoms with Crippen LogP contribution in [0.4, 0.5) is 4.39 Å². The van der Waals surface area contributed by atoms with E-state index in [-0.39, 0.29) is 5.82 Å². The Labute approximate surface area is 108 Å². The molecule has 88 valence electrons. The number of rotatable bonds is 2. The molecule has 5 heteroatoms. The first-order valence-electron chi connectivity index (χ1n) is 5.09. The molecule has 0 spiro atoms. The second-order valence-electron chi connectivity index (χ2n) is 3.47. The van der Waals surface area contributed by atoms with Crippen LogP contribution in [0.5, 0.6) is 0 Å². The molecule has 2 rings (SSSR count). The van der Waals surface area contributed by atoms with Crippen molar-refractivity contribution < 1.29 is 4.39 Å². The van der Waals surface area contributed by atoms with E-state index in [0.29, 0.717) is 33.7 Å². The first-order valence-corrected chi connectivity index (χ1v) is 5.84. The van der Waals surface area contributed by atoms with Gasteiger partial charge in [0.15, 0.2) is 0 Å². The highest BCUT2D eigenvalue weighted by Gasteiger charge is 2.09. The molecule has 0 unspecified atom stereocenters. The Bertz CT molecular complexity index is 558. The summed E-state index contributed by atoms with van der Waals surface area (Å²) in [5.74, 6) is 0.252. The number of aromatic nitrogens is 2. The third-order valence-electron chi connectivity index (χ3n) is 2.26. The van der Waals surface area contributed by atoms with Gasteiger partial charge in [0.25, 0.3) is 0 Å². The lowest BCUT2D eigenvalue weighted by Gasteiger charge is -2.06. The van der Waals surface area contributed by atoms with Crippen molar-refractivity contribution in [2.24, 2.45) is 0 Å². The third-order valence-corrected chi connectivity index (χ3v) is 2.77. The van der Waals surface area contributed by atoms with E-state index >= 15 is 0 Å².